The molecule has 1 aromatic heterocycles. The highest BCUT2D eigenvalue weighted by atomic mass is 35.5. The molecule has 3 fully saturated rings. The number of pyridine rings is 1. The number of alkyl halides is 5. The van der Waals surface area contributed by atoms with E-state index in [-0.39, 0.29) is 34.9 Å². The molecule has 2 aliphatic carbocycles. The van der Waals surface area contributed by atoms with Crippen molar-refractivity contribution in [2.45, 2.75) is 34.7 Å². The second kappa shape index (κ2) is 10.9. The molecule has 6 unspecified atom stereocenters. The minimum atomic E-state index is -4.83. The number of carbonyl (C=O) groups excluding carboxylic acids is 4. The highest BCUT2D eigenvalue weighted by Gasteiger charge is 2.76. The first-order chi connectivity index (χ1) is 21.9. The Hall–Kier alpha value is -3.75. The number of carbonyl (C=O) groups is 4. The summed E-state index contributed by atoms with van der Waals surface area (Å²) >= 11 is 20.5. The van der Waals surface area contributed by atoms with Crippen molar-refractivity contribution in [1.82, 2.24) is 14.9 Å². The number of hydrogen-bond donors (Lipinski definition) is 1. The van der Waals surface area contributed by atoms with Gasteiger partial charge in [-0.25, -0.2) is 4.98 Å². The molecule has 11 nitrogen and oxygen atoms in total. The van der Waals surface area contributed by atoms with E-state index in [4.69, 9.17) is 44.3 Å². The topological polar surface area (TPSA) is 130 Å². The Morgan fingerprint density at radius 2 is 1.72 bits per heavy atom. The Labute approximate surface area is 280 Å². The smallest absolute Gasteiger partial charge is 0.433 e. The lowest BCUT2D eigenvalue weighted by Crippen LogP contribution is -2.60. The number of nitrogens with zero attached hydrogens (tertiary/aromatic N) is 4. The van der Waals surface area contributed by atoms with Crippen LogP contribution in [0.4, 0.5) is 19.0 Å². The first kappa shape index (κ1) is 33.2. The highest BCUT2D eigenvalue weighted by Crippen LogP contribution is 2.67. The first-order valence-corrected chi connectivity index (χ1v) is 15.3. The number of hydrazine groups is 1. The maximum absolute atomic E-state index is 14.2. The van der Waals surface area contributed by atoms with Gasteiger partial charge in [-0.1, -0.05) is 23.3 Å². The van der Waals surface area contributed by atoms with Crippen LogP contribution in [0.5, 0.6) is 17.2 Å². The summed E-state index contributed by atoms with van der Waals surface area (Å²) in [6.07, 6.45) is -3.61. The SMILES string of the molecule is COc1cc(O)c(C2C3=CCC4C(=O)N(N(C)c5nc(C(F)(F)F)ccc5Cl)C(=O)C4C3CC3(Cl)C(=O)N(C)C(=O)C23Cl)c(OC)c1. The minimum Gasteiger partial charge on any atom is -0.507 e. The standard InChI is InChI=1S/C30H26Cl3F3N4O7/c1-38-26(44)28(32)11-15-13(22(29(28,33)27(38)45)21-17(41)9-12(46-3)10-18(21)47-4)5-6-14-20(15)25(43)40(24(14)42)39(2)23-16(31)7-8-19(37-23)30(34,35)36/h5,7-10,14-15,20,22,41H,6,11H2,1-4H3. The third-order valence-corrected chi connectivity index (χ3v) is 11.3. The Morgan fingerprint density at radius 3 is 2.34 bits per heavy atom. The fourth-order valence-corrected chi connectivity index (χ4v) is 8.65. The Bertz CT molecular complexity index is 1790. The van der Waals surface area contributed by atoms with Crippen LogP contribution in [0, 0.1) is 17.8 Å². The fourth-order valence-electron chi connectivity index (χ4n) is 7.42. The maximum Gasteiger partial charge on any atom is 0.433 e. The largest absolute Gasteiger partial charge is 0.507 e. The monoisotopic (exact) mass is 716 g/mol. The van der Waals surface area contributed by atoms with Gasteiger partial charge in [0.25, 0.3) is 23.6 Å². The van der Waals surface area contributed by atoms with E-state index in [0.717, 1.165) is 16.0 Å². The van der Waals surface area contributed by atoms with Crippen LogP contribution in [0.1, 0.15) is 30.0 Å². The molecule has 2 aromatic rings. The zero-order chi connectivity index (χ0) is 34.5. The molecule has 1 saturated carbocycles. The van der Waals surface area contributed by atoms with E-state index in [1.165, 1.54) is 40.4 Å². The van der Waals surface area contributed by atoms with Crippen molar-refractivity contribution in [3.05, 3.63) is 52.2 Å². The average molecular weight is 718 g/mol. The number of methoxy groups -OCH3 is 2. The average Bonchev–Trinajstić information content (AvgIpc) is 3.35. The summed E-state index contributed by atoms with van der Waals surface area (Å²) < 4.78 is 51.3. The number of allylic oxidation sites excluding steroid dienone is 2. The van der Waals surface area contributed by atoms with Gasteiger partial charge in [0.1, 0.15) is 22.9 Å². The van der Waals surface area contributed by atoms with Crippen LogP contribution in [-0.4, -0.2) is 81.7 Å². The van der Waals surface area contributed by atoms with Crippen LogP contribution in [0.25, 0.3) is 0 Å². The van der Waals surface area contributed by atoms with Crippen molar-refractivity contribution < 1.29 is 46.9 Å². The molecule has 2 saturated heterocycles. The van der Waals surface area contributed by atoms with E-state index in [1.54, 1.807) is 6.08 Å². The lowest BCUT2D eigenvalue weighted by molar-refractivity contribution is -0.141. The number of aromatic hydroxyl groups is 1. The highest BCUT2D eigenvalue weighted by molar-refractivity contribution is 6.53. The molecule has 1 N–H and O–H groups in total. The number of likely N-dealkylation sites (tertiary alicyclic amines) is 1. The van der Waals surface area contributed by atoms with E-state index in [9.17, 15) is 37.5 Å². The van der Waals surface area contributed by atoms with Gasteiger partial charge in [-0.2, -0.15) is 18.2 Å². The van der Waals surface area contributed by atoms with E-state index in [1.807, 2.05) is 0 Å². The van der Waals surface area contributed by atoms with E-state index >= 15 is 0 Å². The number of anilines is 1. The van der Waals surface area contributed by atoms with Crippen LogP contribution >= 0.6 is 34.8 Å². The molecule has 2 aliphatic heterocycles. The second-order valence-corrected chi connectivity index (χ2v) is 13.4. The van der Waals surface area contributed by atoms with Crippen LogP contribution in [0.2, 0.25) is 5.02 Å². The number of benzene rings is 1. The zero-order valence-corrected chi connectivity index (χ0v) is 27.3. The van der Waals surface area contributed by atoms with Crippen molar-refractivity contribution in [2.24, 2.45) is 17.8 Å². The lowest BCUT2D eigenvalue weighted by Gasteiger charge is -2.51. The summed E-state index contributed by atoms with van der Waals surface area (Å²) in [4.78, 5) is 55.6. The minimum absolute atomic E-state index is 0.00451. The van der Waals surface area contributed by atoms with Gasteiger partial charge in [-0.05, 0) is 30.9 Å². The number of ether oxygens (including phenoxy) is 2. The van der Waals surface area contributed by atoms with Crippen molar-refractivity contribution in [1.29, 1.82) is 0 Å². The van der Waals surface area contributed by atoms with Gasteiger partial charge < -0.3 is 14.6 Å². The number of rotatable bonds is 5. The second-order valence-electron chi connectivity index (χ2n) is 11.8. The molecule has 0 radical (unpaired) electrons. The molecule has 6 atom stereocenters. The number of phenols is 1. The van der Waals surface area contributed by atoms with E-state index in [0.29, 0.717) is 16.6 Å². The number of aromatic nitrogens is 1. The van der Waals surface area contributed by atoms with Crippen molar-refractivity contribution in [2.75, 3.05) is 33.3 Å². The number of hydrogen-bond acceptors (Lipinski definition) is 9. The van der Waals surface area contributed by atoms with Crippen LogP contribution in [0.3, 0.4) is 0 Å². The number of phenolic OH excluding ortho intramolecular Hbond substituents is 1. The first-order valence-electron chi connectivity index (χ1n) is 14.1. The van der Waals surface area contributed by atoms with Crippen molar-refractivity contribution in [3.63, 3.8) is 0 Å². The van der Waals surface area contributed by atoms with Gasteiger partial charge in [-0.3, -0.25) is 29.1 Å². The van der Waals surface area contributed by atoms with Crippen LogP contribution in [-0.2, 0) is 25.4 Å². The Kier molecular flexibility index (Phi) is 7.68. The van der Waals surface area contributed by atoms with Gasteiger partial charge in [0.05, 0.1) is 31.1 Å². The van der Waals surface area contributed by atoms with Gasteiger partial charge in [0.2, 0.25) is 0 Å². The summed E-state index contributed by atoms with van der Waals surface area (Å²) in [6.45, 7) is 0. The predicted octanol–water partition coefficient (Wildman–Crippen LogP) is 4.52. The normalized spacial score (nSPS) is 30.2. The summed E-state index contributed by atoms with van der Waals surface area (Å²) in [5.41, 5.74) is -0.929. The molecule has 1 aromatic carbocycles. The maximum atomic E-state index is 14.2. The number of amides is 4. The predicted molar refractivity (Wildman–Crippen MR) is 161 cm³/mol. The van der Waals surface area contributed by atoms with Crippen molar-refractivity contribution >= 4 is 64.2 Å². The van der Waals surface area contributed by atoms with E-state index in [2.05, 4.69) is 4.98 Å². The molecule has 4 aliphatic rings. The molecular weight excluding hydrogens is 692 g/mol. The molecular formula is C30H26Cl3F3N4O7. The fraction of sp³-hybridized carbons (Fsp3) is 0.433. The molecule has 6 rings (SSSR count). The number of fused-ring (bicyclic) bond motifs is 4. The lowest BCUT2D eigenvalue weighted by atomic mass is 9.56. The molecule has 47 heavy (non-hydrogen) atoms. The quantitative estimate of drug-likeness (QED) is 0.270. The third-order valence-electron chi connectivity index (χ3n) is 9.55. The van der Waals surface area contributed by atoms with Crippen LogP contribution in [0.15, 0.2) is 35.9 Å². The Morgan fingerprint density at radius 1 is 1.04 bits per heavy atom. The molecule has 0 bridgehead atoms. The number of halogens is 6. The van der Waals surface area contributed by atoms with Crippen LogP contribution < -0.4 is 14.5 Å². The van der Waals surface area contributed by atoms with Gasteiger partial charge in [0.15, 0.2) is 15.6 Å². The summed E-state index contributed by atoms with van der Waals surface area (Å²) in [6, 6.07) is 4.34. The zero-order valence-electron chi connectivity index (χ0n) is 25.1. The molecule has 17 heteroatoms. The summed E-state index contributed by atoms with van der Waals surface area (Å²) in [7, 11) is 5.07. The summed E-state index contributed by atoms with van der Waals surface area (Å²) in [5, 5.41) is 12.6. The molecule has 3 heterocycles. The summed E-state index contributed by atoms with van der Waals surface area (Å²) in [5.74, 6) is -8.42. The molecule has 4 amide bonds. The van der Waals surface area contributed by atoms with E-state index < -0.39 is 80.5 Å². The Balaban J connectivity index is 1.50. The third kappa shape index (κ3) is 4.43. The molecule has 250 valence electrons. The van der Waals surface area contributed by atoms with Crippen molar-refractivity contribution in [3.8, 4) is 17.2 Å². The van der Waals surface area contributed by atoms with Gasteiger partial charge in [-0.15, -0.1) is 23.2 Å². The van der Waals surface area contributed by atoms with Gasteiger partial charge in [0, 0.05) is 37.7 Å². The number of imide groups is 2. The van der Waals surface area contributed by atoms with Gasteiger partial charge >= 0.3 is 6.18 Å². The molecule has 0 spiro atoms.